The molecule has 1 fully saturated rings. The molecule has 1 saturated carbocycles. The zero-order valence-electron chi connectivity index (χ0n) is 5.47. The molecule has 1 heteroatoms. The Morgan fingerprint density at radius 1 is 1.33 bits per heavy atom. The van der Waals surface area contributed by atoms with Crippen LogP contribution in [-0.4, -0.2) is 0 Å². The highest BCUT2D eigenvalue weighted by Gasteiger charge is 2.08. The van der Waals surface area contributed by atoms with Crippen molar-refractivity contribution in [3.63, 3.8) is 0 Å². The van der Waals surface area contributed by atoms with Crippen LogP contribution < -0.4 is 0 Å². The predicted molar refractivity (Wildman–Crippen MR) is 42.3 cm³/mol. The van der Waals surface area contributed by atoms with Crippen molar-refractivity contribution in [1.29, 1.82) is 0 Å². The Hall–Kier alpha value is -0.150. The Kier molecular flexibility index (Phi) is 4.62. The maximum Gasteiger partial charge on any atom is 0.0200 e. The molecule has 0 heterocycles. The molecule has 0 amide bonds. The summed E-state index contributed by atoms with van der Waals surface area (Å²) in [5.74, 6) is 3.37. The normalized spacial score (nSPS) is 19.9. The molecule has 0 aromatic heterocycles. The van der Waals surface area contributed by atoms with E-state index in [1.165, 1.54) is 25.7 Å². The minimum Gasteiger partial charge on any atom is -0.147 e. The highest BCUT2D eigenvalue weighted by molar-refractivity contribution is 5.85. The SMILES string of the molecule is C#CC1CC[CH]CC1.Cl. The summed E-state index contributed by atoms with van der Waals surface area (Å²) in [4.78, 5) is 0. The molecule has 0 unspecified atom stereocenters. The molecule has 0 nitrogen and oxygen atoms in total. The topological polar surface area (TPSA) is 0 Å². The van der Waals surface area contributed by atoms with Crippen LogP contribution in [0.2, 0.25) is 0 Å². The summed E-state index contributed by atoms with van der Waals surface area (Å²) >= 11 is 0. The third kappa shape index (κ3) is 2.77. The molecule has 1 aliphatic carbocycles. The fourth-order valence-corrected chi connectivity index (χ4v) is 1.09. The van der Waals surface area contributed by atoms with Gasteiger partial charge in [0.25, 0.3) is 0 Å². The van der Waals surface area contributed by atoms with Gasteiger partial charge in [-0.2, -0.15) is 0 Å². The molecule has 51 valence electrons. The lowest BCUT2D eigenvalue weighted by molar-refractivity contribution is 0.497. The van der Waals surface area contributed by atoms with E-state index in [0.717, 1.165) is 0 Å². The smallest absolute Gasteiger partial charge is 0.0200 e. The molecule has 1 radical (unpaired) electrons. The van der Waals surface area contributed by atoms with Gasteiger partial charge in [-0.15, -0.1) is 24.8 Å². The Balaban J connectivity index is 0.000000640. The first kappa shape index (κ1) is 8.85. The van der Waals surface area contributed by atoms with Crippen LogP contribution >= 0.6 is 12.4 Å². The molecule has 0 bridgehead atoms. The van der Waals surface area contributed by atoms with Crippen molar-refractivity contribution in [2.75, 3.05) is 0 Å². The molecule has 0 saturated heterocycles. The minimum atomic E-state index is 0. The molecule has 1 rings (SSSR count). The zero-order valence-corrected chi connectivity index (χ0v) is 6.29. The molecule has 9 heavy (non-hydrogen) atoms. The summed E-state index contributed by atoms with van der Waals surface area (Å²) in [5, 5.41) is 0. The first-order valence-corrected chi connectivity index (χ1v) is 3.21. The predicted octanol–water partition coefficient (Wildman–Crippen LogP) is 2.44. The van der Waals surface area contributed by atoms with Crippen molar-refractivity contribution in [3.8, 4) is 12.3 Å². The number of hydrogen-bond donors (Lipinski definition) is 0. The summed E-state index contributed by atoms with van der Waals surface area (Å²) in [6, 6.07) is 0. The molecular formula is C8H12Cl. The summed E-state index contributed by atoms with van der Waals surface area (Å²) < 4.78 is 0. The fraction of sp³-hybridized carbons (Fsp3) is 0.625. The largest absolute Gasteiger partial charge is 0.147 e. The van der Waals surface area contributed by atoms with Crippen LogP contribution in [0.3, 0.4) is 0 Å². The van der Waals surface area contributed by atoms with Gasteiger partial charge in [-0.1, -0.05) is 0 Å². The first-order chi connectivity index (χ1) is 3.93. The number of terminal acetylenes is 1. The van der Waals surface area contributed by atoms with E-state index in [9.17, 15) is 0 Å². The van der Waals surface area contributed by atoms with Crippen LogP contribution in [0.15, 0.2) is 0 Å². The van der Waals surface area contributed by atoms with Crippen molar-refractivity contribution in [2.24, 2.45) is 5.92 Å². The van der Waals surface area contributed by atoms with Crippen molar-refractivity contribution >= 4 is 12.4 Å². The Morgan fingerprint density at radius 3 is 2.22 bits per heavy atom. The number of hydrogen-bond acceptors (Lipinski definition) is 0. The third-order valence-corrected chi connectivity index (χ3v) is 1.67. The molecule has 0 aromatic carbocycles. The van der Waals surface area contributed by atoms with Crippen LogP contribution in [0, 0.1) is 24.7 Å². The van der Waals surface area contributed by atoms with Gasteiger partial charge in [0.15, 0.2) is 0 Å². The van der Waals surface area contributed by atoms with E-state index in [4.69, 9.17) is 6.42 Å². The molecule has 0 spiro atoms. The lowest BCUT2D eigenvalue weighted by atomic mass is 9.90. The lowest BCUT2D eigenvalue weighted by Gasteiger charge is -2.14. The molecular weight excluding hydrogens is 132 g/mol. The van der Waals surface area contributed by atoms with Crippen molar-refractivity contribution in [1.82, 2.24) is 0 Å². The van der Waals surface area contributed by atoms with Crippen LogP contribution in [0.4, 0.5) is 0 Å². The Bertz CT molecular complexity index is 95.6. The van der Waals surface area contributed by atoms with Crippen LogP contribution in [0.5, 0.6) is 0 Å². The van der Waals surface area contributed by atoms with Gasteiger partial charge < -0.3 is 0 Å². The molecule has 0 N–H and O–H groups in total. The average molecular weight is 144 g/mol. The lowest BCUT2D eigenvalue weighted by Crippen LogP contribution is -2.02. The van der Waals surface area contributed by atoms with Crippen LogP contribution in [0.1, 0.15) is 25.7 Å². The van der Waals surface area contributed by atoms with Gasteiger partial charge >= 0.3 is 0 Å². The molecule has 0 atom stereocenters. The van der Waals surface area contributed by atoms with E-state index in [0.29, 0.717) is 5.92 Å². The number of rotatable bonds is 0. The van der Waals surface area contributed by atoms with Gasteiger partial charge in [0, 0.05) is 5.92 Å². The third-order valence-electron chi connectivity index (χ3n) is 1.67. The highest BCUT2D eigenvalue weighted by Crippen LogP contribution is 2.21. The fourth-order valence-electron chi connectivity index (χ4n) is 1.09. The van der Waals surface area contributed by atoms with Gasteiger partial charge in [-0.25, -0.2) is 0 Å². The monoisotopic (exact) mass is 143 g/mol. The second kappa shape index (κ2) is 4.70. The van der Waals surface area contributed by atoms with E-state index in [-0.39, 0.29) is 12.4 Å². The van der Waals surface area contributed by atoms with Crippen LogP contribution in [0.25, 0.3) is 0 Å². The maximum atomic E-state index is 5.24. The van der Waals surface area contributed by atoms with Crippen LogP contribution in [-0.2, 0) is 0 Å². The van der Waals surface area contributed by atoms with Crippen molar-refractivity contribution < 1.29 is 0 Å². The van der Waals surface area contributed by atoms with Crippen molar-refractivity contribution in [2.45, 2.75) is 25.7 Å². The van der Waals surface area contributed by atoms with Gasteiger partial charge in [-0.05, 0) is 32.1 Å². The van der Waals surface area contributed by atoms with Gasteiger partial charge in [-0.3, -0.25) is 0 Å². The van der Waals surface area contributed by atoms with E-state index in [1.807, 2.05) is 0 Å². The Morgan fingerprint density at radius 2 is 1.89 bits per heavy atom. The highest BCUT2D eigenvalue weighted by atomic mass is 35.5. The van der Waals surface area contributed by atoms with Gasteiger partial charge in [0.1, 0.15) is 0 Å². The zero-order chi connectivity index (χ0) is 5.82. The quantitative estimate of drug-likeness (QED) is 0.457. The van der Waals surface area contributed by atoms with Gasteiger partial charge in [0.2, 0.25) is 0 Å². The van der Waals surface area contributed by atoms with E-state index < -0.39 is 0 Å². The van der Waals surface area contributed by atoms with E-state index >= 15 is 0 Å². The summed E-state index contributed by atoms with van der Waals surface area (Å²) in [5.41, 5.74) is 0. The number of halogens is 1. The average Bonchev–Trinajstić information content (AvgIpc) is 1.90. The molecule has 0 aliphatic heterocycles. The van der Waals surface area contributed by atoms with E-state index in [2.05, 4.69) is 12.3 Å². The minimum absolute atomic E-state index is 0. The van der Waals surface area contributed by atoms with Gasteiger partial charge in [0.05, 0.1) is 0 Å². The summed E-state index contributed by atoms with van der Waals surface area (Å²) in [6.07, 6.45) is 12.5. The van der Waals surface area contributed by atoms with E-state index in [1.54, 1.807) is 0 Å². The second-order valence-corrected chi connectivity index (χ2v) is 2.31. The Labute approximate surface area is 63.4 Å². The van der Waals surface area contributed by atoms with Crippen molar-refractivity contribution in [3.05, 3.63) is 6.42 Å². The summed E-state index contributed by atoms with van der Waals surface area (Å²) in [7, 11) is 0. The molecule has 1 aliphatic rings. The maximum absolute atomic E-state index is 5.24. The second-order valence-electron chi connectivity index (χ2n) is 2.31. The standard InChI is InChI=1S/C8H11.ClH/c1-2-8-6-4-3-5-7-8;/h1,3,8H,4-7H2;1H. The summed E-state index contributed by atoms with van der Waals surface area (Å²) in [6.45, 7) is 0. The molecule has 0 aromatic rings. The first-order valence-electron chi connectivity index (χ1n) is 3.21.